The summed E-state index contributed by atoms with van der Waals surface area (Å²) in [4.78, 5) is 10.7. The molecule has 2 aromatic rings. The zero-order chi connectivity index (χ0) is 15.6. The maximum Gasteiger partial charge on any atom is 0.371 e. The van der Waals surface area contributed by atoms with Gasteiger partial charge in [-0.1, -0.05) is 12.1 Å². The van der Waals surface area contributed by atoms with Crippen molar-refractivity contribution in [2.75, 3.05) is 11.4 Å². The van der Waals surface area contributed by atoms with E-state index in [2.05, 4.69) is 0 Å². The van der Waals surface area contributed by atoms with Crippen LogP contribution in [0.4, 0.5) is 5.69 Å². The molecule has 0 saturated carbocycles. The molecule has 1 aromatic carbocycles. The van der Waals surface area contributed by atoms with Crippen molar-refractivity contribution in [3.63, 3.8) is 0 Å². The molecule has 2 rings (SSSR count). The number of nitrogens with zero attached hydrogens (tertiary/aromatic N) is 2. The molecule has 0 bridgehead atoms. The minimum atomic E-state index is -4.09. The van der Waals surface area contributed by atoms with Crippen LogP contribution < -0.4 is 4.31 Å². The number of hydrogen-bond acceptors (Lipinski definition) is 5. The highest BCUT2D eigenvalue weighted by Crippen LogP contribution is 2.26. The molecule has 0 amide bonds. The third kappa shape index (κ3) is 2.59. The van der Waals surface area contributed by atoms with Crippen LogP contribution in [0.15, 0.2) is 45.9 Å². The van der Waals surface area contributed by atoms with E-state index in [1.54, 1.807) is 12.1 Å². The molecule has 0 unspecified atom stereocenters. The molecule has 21 heavy (non-hydrogen) atoms. The van der Waals surface area contributed by atoms with Crippen molar-refractivity contribution in [3.8, 4) is 6.07 Å². The van der Waals surface area contributed by atoms with Crippen molar-refractivity contribution in [1.29, 1.82) is 5.26 Å². The van der Waals surface area contributed by atoms with Gasteiger partial charge in [0.1, 0.15) is 6.07 Å². The molecule has 0 aliphatic rings. The predicted octanol–water partition coefficient (Wildman–Crippen LogP) is 1.67. The van der Waals surface area contributed by atoms with E-state index < -0.39 is 26.8 Å². The number of hydrogen-bond donors (Lipinski definition) is 1. The highest BCUT2D eigenvalue weighted by atomic mass is 32.2. The summed E-state index contributed by atoms with van der Waals surface area (Å²) in [7, 11) is -2.83. The first kappa shape index (κ1) is 14.6. The van der Waals surface area contributed by atoms with Crippen LogP contribution in [0.25, 0.3) is 0 Å². The fraction of sp³-hybridized carbons (Fsp3) is 0.0769. The van der Waals surface area contributed by atoms with E-state index in [1.165, 1.54) is 19.2 Å². The number of sulfonamides is 1. The summed E-state index contributed by atoms with van der Waals surface area (Å²) in [6.07, 6.45) is 0. The van der Waals surface area contributed by atoms with Gasteiger partial charge in [-0.2, -0.15) is 13.7 Å². The van der Waals surface area contributed by atoms with Crippen LogP contribution in [0.5, 0.6) is 0 Å². The molecule has 0 saturated heterocycles. The molecule has 0 spiro atoms. The topological polar surface area (TPSA) is 112 Å². The van der Waals surface area contributed by atoms with Gasteiger partial charge in [0, 0.05) is 7.05 Å². The van der Waals surface area contributed by atoms with Crippen molar-refractivity contribution in [2.45, 2.75) is 5.09 Å². The van der Waals surface area contributed by atoms with Crippen LogP contribution in [-0.4, -0.2) is 26.5 Å². The second-order valence-corrected chi connectivity index (χ2v) is 5.93. The van der Waals surface area contributed by atoms with Gasteiger partial charge >= 0.3 is 5.97 Å². The first-order valence-electron chi connectivity index (χ1n) is 5.69. The summed E-state index contributed by atoms with van der Waals surface area (Å²) in [6, 6.07) is 10.2. The van der Waals surface area contributed by atoms with Crippen molar-refractivity contribution < 1.29 is 22.7 Å². The van der Waals surface area contributed by atoms with Crippen molar-refractivity contribution in [1.82, 2.24) is 0 Å². The fourth-order valence-electron chi connectivity index (χ4n) is 1.68. The van der Waals surface area contributed by atoms with Gasteiger partial charge in [0.2, 0.25) is 10.9 Å². The summed E-state index contributed by atoms with van der Waals surface area (Å²) < 4.78 is 30.4. The fourth-order valence-corrected chi connectivity index (χ4v) is 2.80. The number of rotatable bonds is 4. The van der Waals surface area contributed by atoms with Crippen LogP contribution in [-0.2, 0) is 10.0 Å². The molecule has 1 aromatic heterocycles. The van der Waals surface area contributed by atoms with E-state index in [-0.39, 0.29) is 11.3 Å². The maximum absolute atomic E-state index is 12.4. The molecular formula is C13H10N2O5S. The number of furan rings is 1. The second-order valence-electron chi connectivity index (χ2n) is 4.03. The third-order valence-electron chi connectivity index (χ3n) is 2.77. The Bertz CT molecular complexity index is 832. The van der Waals surface area contributed by atoms with Crippen molar-refractivity contribution in [2.24, 2.45) is 0 Å². The highest BCUT2D eigenvalue weighted by Gasteiger charge is 2.27. The van der Waals surface area contributed by atoms with Gasteiger partial charge in [0.05, 0.1) is 11.3 Å². The first-order chi connectivity index (χ1) is 9.87. The summed E-state index contributed by atoms with van der Waals surface area (Å²) in [5, 5.41) is 17.3. The molecule has 0 aliphatic heterocycles. The number of para-hydroxylation sites is 1. The Kier molecular flexibility index (Phi) is 3.69. The number of carboxylic acid groups (broad SMARTS) is 1. The van der Waals surface area contributed by atoms with Crippen LogP contribution >= 0.6 is 0 Å². The number of benzene rings is 1. The van der Waals surface area contributed by atoms with E-state index in [4.69, 9.17) is 14.8 Å². The molecule has 7 nitrogen and oxygen atoms in total. The smallest absolute Gasteiger partial charge is 0.371 e. The molecule has 0 radical (unpaired) electrons. The lowest BCUT2D eigenvalue weighted by molar-refractivity contribution is 0.0656. The zero-order valence-corrected chi connectivity index (χ0v) is 11.7. The normalized spacial score (nSPS) is 10.9. The number of aromatic carboxylic acids is 1. The van der Waals surface area contributed by atoms with E-state index in [0.717, 1.165) is 16.4 Å². The lowest BCUT2D eigenvalue weighted by Gasteiger charge is -2.18. The van der Waals surface area contributed by atoms with E-state index in [1.807, 2.05) is 6.07 Å². The molecule has 0 aliphatic carbocycles. The Balaban J connectivity index is 2.48. The Labute approximate surface area is 120 Å². The quantitative estimate of drug-likeness (QED) is 0.919. The number of anilines is 1. The highest BCUT2D eigenvalue weighted by molar-refractivity contribution is 7.92. The summed E-state index contributed by atoms with van der Waals surface area (Å²) in [5.41, 5.74) is 0.349. The summed E-state index contributed by atoms with van der Waals surface area (Å²) in [5.74, 6) is -1.84. The lowest BCUT2D eigenvalue weighted by atomic mass is 10.2. The van der Waals surface area contributed by atoms with Gasteiger partial charge in [-0.05, 0) is 24.3 Å². The Hall–Kier alpha value is -2.79. The number of nitriles is 1. The largest absolute Gasteiger partial charge is 0.475 e. The minimum absolute atomic E-state index is 0.174. The molecule has 1 heterocycles. The maximum atomic E-state index is 12.4. The summed E-state index contributed by atoms with van der Waals surface area (Å²) >= 11 is 0. The van der Waals surface area contributed by atoms with Gasteiger partial charge in [-0.15, -0.1) is 0 Å². The van der Waals surface area contributed by atoms with Crippen molar-refractivity contribution in [3.05, 3.63) is 47.7 Å². The molecular weight excluding hydrogens is 296 g/mol. The summed E-state index contributed by atoms with van der Waals surface area (Å²) in [6.45, 7) is 0. The van der Waals surface area contributed by atoms with Crippen LogP contribution in [0.2, 0.25) is 0 Å². The van der Waals surface area contributed by atoms with Crippen LogP contribution in [0, 0.1) is 11.3 Å². The molecule has 1 N–H and O–H groups in total. The third-order valence-corrected chi connectivity index (χ3v) is 4.42. The zero-order valence-electron chi connectivity index (χ0n) is 10.8. The van der Waals surface area contributed by atoms with E-state index in [0.29, 0.717) is 0 Å². The van der Waals surface area contributed by atoms with Gasteiger partial charge in [-0.25, -0.2) is 4.79 Å². The average Bonchev–Trinajstić information content (AvgIpc) is 2.97. The van der Waals surface area contributed by atoms with Crippen LogP contribution in [0.1, 0.15) is 16.1 Å². The minimum Gasteiger partial charge on any atom is -0.475 e. The predicted molar refractivity (Wildman–Crippen MR) is 72.4 cm³/mol. The Morgan fingerprint density at radius 2 is 1.95 bits per heavy atom. The standard InChI is InChI=1S/C13H10N2O5S/c1-15(10-5-3-2-4-9(10)8-14)21(18,19)12-7-6-11(20-12)13(16)17/h2-7H,1H3,(H,16,17). The van der Waals surface area contributed by atoms with E-state index >= 15 is 0 Å². The SMILES string of the molecule is CN(c1ccccc1C#N)S(=O)(=O)c1ccc(C(=O)O)o1. The second kappa shape index (κ2) is 5.30. The molecule has 8 heteroatoms. The molecule has 108 valence electrons. The average molecular weight is 306 g/mol. The Morgan fingerprint density at radius 3 is 2.52 bits per heavy atom. The lowest BCUT2D eigenvalue weighted by Crippen LogP contribution is -2.26. The van der Waals surface area contributed by atoms with Crippen LogP contribution in [0.3, 0.4) is 0 Å². The van der Waals surface area contributed by atoms with E-state index in [9.17, 15) is 13.2 Å². The molecule has 0 atom stereocenters. The van der Waals surface area contributed by atoms with Gasteiger partial charge in [0.25, 0.3) is 10.0 Å². The first-order valence-corrected chi connectivity index (χ1v) is 7.13. The molecule has 0 fully saturated rings. The van der Waals surface area contributed by atoms with Gasteiger partial charge in [0.15, 0.2) is 0 Å². The monoisotopic (exact) mass is 306 g/mol. The van der Waals surface area contributed by atoms with Crippen molar-refractivity contribution >= 4 is 21.7 Å². The van der Waals surface area contributed by atoms with Gasteiger partial charge in [-0.3, -0.25) is 4.31 Å². The number of carboxylic acids is 1. The van der Waals surface area contributed by atoms with Gasteiger partial charge < -0.3 is 9.52 Å². The Morgan fingerprint density at radius 1 is 1.29 bits per heavy atom. The number of carbonyl (C=O) groups is 1.